The summed E-state index contributed by atoms with van der Waals surface area (Å²) in [5.41, 5.74) is 0.587. The van der Waals surface area contributed by atoms with Gasteiger partial charge in [-0.2, -0.15) is 0 Å². The molecule has 1 fully saturated rings. The van der Waals surface area contributed by atoms with Crippen LogP contribution in [0.3, 0.4) is 0 Å². The molecular weight excluding hydrogens is 316 g/mol. The maximum Gasteiger partial charge on any atom is 0.253 e. The van der Waals surface area contributed by atoms with Gasteiger partial charge in [0.2, 0.25) is 5.91 Å². The minimum absolute atomic E-state index is 0.0377. The van der Waals surface area contributed by atoms with Gasteiger partial charge in [-0.1, -0.05) is 13.8 Å². The third-order valence-electron chi connectivity index (χ3n) is 4.46. The first-order valence-corrected chi connectivity index (χ1v) is 9.16. The Morgan fingerprint density at radius 1 is 1.20 bits per heavy atom. The predicted molar refractivity (Wildman–Crippen MR) is 99.6 cm³/mol. The topological polar surface area (TPSA) is 74.3 Å². The molecule has 6 heteroatoms. The van der Waals surface area contributed by atoms with E-state index < -0.39 is 0 Å². The molecule has 2 amide bonds. The molecule has 0 aliphatic carbocycles. The molecule has 0 unspecified atom stereocenters. The van der Waals surface area contributed by atoms with Crippen molar-refractivity contribution in [3.05, 3.63) is 23.9 Å². The molecule has 1 saturated heterocycles. The predicted octanol–water partition coefficient (Wildman–Crippen LogP) is 2.21. The highest BCUT2D eigenvalue weighted by Gasteiger charge is 2.21. The SMILES string of the molecule is CC(C)NC(=O)c1ccc(N2CCC(CNC(=O)C(C)C)CC2)nc1. The number of rotatable bonds is 6. The highest BCUT2D eigenvalue weighted by Crippen LogP contribution is 2.21. The van der Waals surface area contributed by atoms with Crippen LogP contribution in [0.5, 0.6) is 0 Å². The molecule has 0 spiro atoms. The lowest BCUT2D eigenvalue weighted by Gasteiger charge is -2.33. The first kappa shape index (κ1) is 19.2. The van der Waals surface area contributed by atoms with Gasteiger partial charge in [0.1, 0.15) is 5.82 Å². The van der Waals surface area contributed by atoms with Gasteiger partial charge >= 0.3 is 0 Å². The van der Waals surface area contributed by atoms with Crippen molar-refractivity contribution >= 4 is 17.6 Å². The summed E-state index contributed by atoms with van der Waals surface area (Å²) in [6.45, 7) is 10.3. The second kappa shape index (κ2) is 8.83. The highest BCUT2D eigenvalue weighted by atomic mass is 16.2. The Balaban J connectivity index is 1.82. The quantitative estimate of drug-likeness (QED) is 0.828. The number of nitrogens with zero attached hydrogens (tertiary/aromatic N) is 2. The van der Waals surface area contributed by atoms with Crippen LogP contribution in [0.4, 0.5) is 5.82 Å². The Morgan fingerprint density at radius 2 is 1.88 bits per heavy atom. The summed E-state index contributed by atoms with van der Waals surface area (Å²) in [6, 6.07) is 3.85. The lowest BCUT2D eigenvalue weighted by molar-refractivity contribution is -0.124. The zero-order valence-corrected chi connectivity index (χ0v) is 15.7. The smallest absolute Gasteiger partial charge is 0.253 e. The molecule has 6 nitrogen and oxygen atoms in total. The molecule has 0 aromatic carbocycles. The minimum atomic E-state index is -0.0892. The summed E-state index contributed by atoms with van der Waals surface area (Å²) in [5, 5.41) is 5.89. The summed E-state index contributed by atoms with van der Waals surface area (Å²) in [5.74, 6) is 1.50. The second-order valence-corrected chi connectivity index (χ2v) is 7.36. The Bertz CT molecular complexity index is 576. The molecule has 1 aromatic rings. The van der Waals surface area contributed by atoms with Crippen molar-refractivity contribution in [2.45, 2.75) is 46.6 Å². The first-order valence-electron chi connectivity index (χ1n) is 9.16. The number of anilines is 1. The molecule has 138 valence electrons. The lowest BCUT2D eigenvalue weighted by Crippen LogP contribution is -2.40. The maximum absolute atomic E-state index is 12.0. The van der Waals surface area contributed by atoms with Crippen LogP contribution < -0.4 is 15.5 Å². The number of hydrogen-bond acceptors (Lipinski definition) is 4. The second-order valence-electron chi connectivity index (χ2n) is 7.36. The Kier molecular flexibility index (Phi) is 6.79. The summed E-state index contributed by atoms with van der Waals surface area (Å²) < 4.78 is 0. The molecule has 0 saturated carbocycles. The van der Waals surface area contributed by atoms with Crippen molar-refractivity contribution in [1.29, 1.82) is 0 Å². The van der Waals surface area contributed by atoms with Crippen LogP contribution in [0, 0.1) is 11.8 Å². The van der Waals surface area contributed by atoms with Crippen molar-refractivity contribution in [1.82, 2.24) is 15.6 Å². The number of piperidine rings is 1. The fraction of sp³-hybridized carbons (Fsp3) is 0.632. The van der Waals surface area contributed by atoms with E-state index in [1.165, 1.54) is 0 Å². The highest BCUT2D eigenvalue weighted by molar-refractivity contribution is 5.94. The van der Waals surface area contributed by atoms with Crippen LogP contribution in [0.2, 0.25) is 0 Å². The molecule has 0 bridgehead atoms. The summed E-state index contributed by atoms with van der Waals surface area (Å²) in [6.07, 6.45) is 3.72. The molecule has 1 aromatic heterocycles. The van der Waals surface area contributed by atoms with E-state index in [0.29, 0.717) is 11.5 Å². The number of nitrogens with one attached hydrogen (secondary N) is 2. The van der Waals surface area contributed by atoms with Gasteiger partial charge in [0.25, 0.3) is 5.91 Å². The van der Waals surface area contributed by atoms with Crippen LogP contribution in [0.15, 0.2) is 18.3 Å². The molecule has 2 heterocycles. The van der Waals surface area contributed by atoms with Crippen LogP contribution in [-0.4, -0.2) is 42.5 Å². The average Bonchev–Trinajstić information content (AvgIpc) is 2.59. The Morgan fingerprint density at radius 3 is 2.40 bits per heavy atom. The molecule has 25 heavy (non-hydrogen) atoms. The van der Waals surface area contributed by atoms with Crippen LogP contribution in [0.1, 0.15) is 50.9 Å². The normalized spacial score (nSPS) is 15.5. The van der Waals surface area contributed by atoms with Gasteiger partial charge in [-0.15, -0.1) is 0 Å². The van der Waals surface area contributed by atoms with E-state index in [1.54, 1.807) is 6.20 Å². The Labute approximate surface area is 150 Å². The average molecular weight is 346 g/mol. The van der Waals surface area contributed by atoms with E-state index in [1.807, 2.05) is 39.8 Å². The molecule has 2 rings (SSSR count). The van der Waals surface area contributed by atoms with Crippen molar-refractivity contribution in [2.75, 3.05) is 24.5 Å². The van der Waals surface area contributed by atoms with Crippen LogP contribution >= 0.6 is 0 Å². The third-order valence-corrected chi connectivity index (χ3v) is 4.46. The Hall–Kier alpha value is -2.11. The molecule has 1 aliphatic heterocycles. The number of hydrogen-bond donors (Lipinski definition) is 2. The van der Waals surface area contributed by atoms with Crippen molar-refractivity contribution in [2.24, 2.45) is 11.8 Å². The lowest BCUT2D eigenvalue weighted by atomic mass is 9.96. The van der Waals surface area contributed by atoms with E-state index in [-0.39, 0.29) is 23.8 Å². The van der Waals surface area contributed by atoms with E-state index in [2.05, 4.69) is 20.5 Å². The summed E-state index contributed by atoms with van der Waals surface area (Å²) in [4.78, 5) is 30.3. The standard InChI is InChI=1S/C19H30N4O2/c1-13(2)18(24)21-11-15-7-9-23(10-8-15)17-6-5-16(12-20-17)19(25)22-14(3)4/h5-6,12-15H,7-11H2,1-4H3,(H,21,24)(H,22,25). The largest absolute Gasteiger partial charge is 0.357 e. The van der Waals surface area contributed by atoms with E-state index in [4.69, 9.17) is 0 Å². The van der Waals surface area contributed by atoms with Gasteiger partial charge in [-0.3, -0.25) is 9.59 Å². The van der Waals surface area contributed by atoms with E-state index >= 15 is 0 Å². The minimum Gasteiger partial charge on any atom is -0.357 e. The molecule has 0 atom stereocenters. The summed E-state index contributed by atoms with van der Waals surface area (Å²) in [7, 11) is 0. The van der Waals surface area contributed by atoms with Gasteiger partial charge in [0, 0.05) is 37.8 Å². The maximum atomic E-state index is 12.0. The van der Waals surface area contributed by atoms with Crippen LogP contribution in [0.25, 0.3) is 0 Å². The van der Waals surface area contributed by atoms with Gasteiger partial charge in [-0.25, -0.2) is 4.98 Å². The van der Waals surface area contributed by atoms with Crippen molar-refractivity contribution in [3.8, 4) is 0 Å². The monoisotopic (exact) mass is 346 g/mol. The number of carbonyl (C=O) groups is 2. The van der Waals surface area contributed by atoms with Gasteiger partial charge in [0.15, 0.2) is 0 Å². The number of aromatic nitrogens is 1. The fourth-order valence-electron chi connectivity index (χ4n) is 2.87. The van der Waals surface area contributed by atoms with Crippen molar-refractivity contribution in [3.63, 3.8) is 0 Å². The van der Waals surface area contributed by atoms with Gasteiger partial charge in [0.05, 0.1) is 5.56 Å². The summed E-state index contributed by atoms with van der Waals surface area (Å²) >= 11 is 0. The number of carbonyl (C=O) groups excluding carboxylic acids is 2. The third kappa shape index (κ3) is 5.73. The van der Waals surface area contributed by atoms with E-state index in [0.717, 1.165) is 38.3 Å². The zero-order chi connectivity index (χ0) is 18.4. The molecular formula is C19H30N4O2. The molecule has 0 radical (unpaired) electrons. The van der Waals surface area contributed by atoms with Crippen molar-refractivity contribution < 1.29 is 9.59 Å². The molecule has 1 aliphatic rings. The number of pyridine rings is 1. The van der Waals surface area contributed by atoms with Gasteiger partial charge in [-0.05, 0) is 44.7 Å². The number of amides is 2. The van der Waals surface area contributed by atoms with Gasteiger partial charge < -0.3 is 15.5 Å². The molecule has 2 N–H and O–H groups in total. The van der Waals surface area contributed by atoms with Crippen LogP contribution in [-0.2, 0) is 4.79 Å². The van der Waals surface area contributed by atoms with E-state index in [9.17, 15) is 9.59 Å². The fourth-order valence-corrected chi connectivity index (χ4v) is 2.87. The first-order chi connectivity index (χ1) is 11.9. The zero-order valence-electron chi connectivity index (χ0n) is 15.7.